The van der Waals surface area contributed by atoms with E-state index in [4.69, 9.17) is 0 Å². The molecule has 0 bridgehead atoms. The molecule has 1 saturated heterocycles. The number of hydrogen-bond donors (Lipinski definition) is 2. The summed E-state index contributed by atoms with van der Waals surface area (Å²) in [6.45, 7) is 6.80. The lowest BCUT2D eigenvalue weighted by Crippen LogP contribution is -2.42. The summed E-state index contributed by atoms with van der Waals surface area (Å²) in [6, 6.07) is 3.18. The molecule has 1 aromatic heterocycles. The zero-order valence-corrected chi connectivity index (χ0v) is 11.4. The number of aromatic nitrogens is 1. The van der Waals surface area contributed by atoms with Crippen molar-refractivity contribution in [3.8, 4) is 0 Å². The predicted molar refractivity (Wildman–Crippen MR) is 74.3 cm³/mol. The highest BCUT2D eigenvalue weighted by atomic mass is 16.6. The summed E-state index contributed by atoms with van der Waals surface area (Å²) in [5.74, 6) is 0.704. The van der Waals surface area contributed by atoms with Gasteiger partial charge in [0.25, 0.3) is 5.69 Å². The molecule has 2 N–H and O–H groups in total. The molecule has 6 nitrogen and oxygen atoms in total. The molecule has 104 valence electrons. The van der Waals surface area contributed by atoms with Gasteiger partial charge in [-0.1, -0.05) is 6.92 Å². The molecule has 1 unspecified atom stereocenters. The van der Waals surface area contributed by atoms with E-state index in [0.29, 0.717) is 11.5 Å². The van der Waals surface area contributed by atoms with Gasteiger partial charge >= 0.3 is 0 Å². The van der Waals surface area contributed by atoms with Gasteiger partial charge in [0.05, 0.1) is 4.92 Å². The third-order valence-corrected chi connectivity index (χ3v) is 3.64. The average Bonchev–Trinajstić information content (AvgIpc) is 2.37. The molecule has 0 aromatic carbocycles. The summed E-state index contributed by atoms with van der Waals surface area (Å²) < 4.78 is 0. The van der Waals surface area contributed by atoms with Gasteiger partial charge in [-0.05, 0) is 37.8 Å². The maximum absolute atomic E-state index is 10.7. The summed E-state index contributed by atoms with van der Waals surface area (Å²) in [6.07, 6.45) is 2.36. The molecular weight excluding hydrogens is 244 g/mol. The Labute approximate surface area is 112 Å². The zero-order chi connectivity index (χ0) is 13.9. The maximum atomic E-state index is 10.7. The van der Waals surface area contributed by atoms with E-state index in [1.54, 1.807) is 13.0 Å². The summed E-state index contributed by atoms with van der Waals surface area (Å²) in [7, 11) is 0. The van der Waals surface area contributed by atoms with E-state index < -0.39 is 4.92 Å². The zero-order valence-electron chi connectivity index (χ0n) is 11.4. The molecule has 0 saturated carbocycles. The first-order valence-corrected chi connectivity index (χ1v) is 6.57. The van der Waals surface area contributed by atoms with Crippen molar-refractivity contribution in [3.63, 3.8) is 0 Å². The van der Waals surface area contributed by atoms with Gasteiger partial charge in [-0.3, -0.25) is 10.1 Å². The molecule has 1 aliphatic heterocycles. The van der Waals surface area contributed by atoms with Crippen LogP contribution in [0.4, 0.5) is 11.5 Å². The van der Waals surface area contributed by atoms with Gasteiger partial charge in [0, 0.05) is 19.2 Å². The molecule has 19 heavy (non-hydrogen) atoms. The van der Waals surface area contributed by atoms with Gasteiger partial charge in [0.1, 0.15) is 11.5 Å². The molecule has 2 heterocycles. The van der Waals surface area contributed by atoms with Crippen LogP contribution in [0.2, 0.25) is 0 Å². The minimum absolute atomic E-state index is 0.0658. The average molecular weight is 264 g/mol. The number of piperidine rings is 1. The fourth-order valence-electron chi connectivity index (χ4n) is 2.42. The summed E-state index contributed by atoms with van der Waals surface area (Å²) in [5.41, 5.74) is 0.730. The SMILES string of the molecule is Cc1nc(NCC2(C)CCCNC2)ccc1[N+](=O)[O-]. The Kier molecular flexibility index (Phi) is 3.99. The van der Waals surface area contributed by atoms with Crippen molar-refractivity contribution < 1.29 is 4.92 Å². The third-order valence-electron chi connectivity index (χ3n) is 3.64. The Balaban J connectivity index is 2.00. The second-order valence-corrected chi connectivity index (χ2v) is 5.50. The fourth-order valence-corrected chi connectivity index (χ4v) is 2.42. The Morgan fingerprint density at radius 3 is 2.95 bits per heavy atom. The molecule has 0 aliphatic carbocycles. The van der Waals surface area contributed by atoms with E-state index in [9.17, 15) is 10.1 Å². The van der Waals surface area contributed by atoms with Crippen LogP contribution in [0.15, 0.2) is 12.1 Å². The van der Waals surface area contributed by atoms with Crippen LogP contribution in [-0.2, 0) is 0 Å². The van der Waals surface area contributed by atoms with Crippen molar-refractivity contribution >= 4 is 11.5 Å². The van der Waals surface area contributed by atoms with Crippen molar-refractivity contribution in [2.75, 3.05) is 25.0 Å². The van der Waals surface area contributed by atoms with E-state index in [-0.39, 0.29) is 11.1 Å². The lowest BCUT2D eigenvalue weighted by Gasteiger charge is -2.34. The summed E-state index contributed by atoms with van der Waals surface area (Å²) in [5, 5.41) is 17.4. The van der Waals surface area contributed by atoms with Crippen LogP contribution >= 0.6 is 0 Å². The first-order valence-electron chi connectivity index (χ1n) is 6.57. The van der Waals surface area contributed by atoms with Crippen molar-refractivity contribution in [3.05, 3.63) is 27.9 Å². The quantitative estimate of drug-likeness (QED) is 0.643. The summed E-state index contributed by atoms with van der Waals surface area (Å²) in [4.78, 5) is 14.6. The van der Waals surface area contributed by atoms with Crippen LogP contribution in [0, 0.1) is 22.5 Å². The van der Waals surface area contributed by atoms with E-state index in [0.717, 1.165) is 19.6 Å². The van der Waals surface area contributed by atoms with Crippen molar-refractivity contribution in [1.29, 1.82) is 0 Å². The topological polar surface area (TPSA) is 80.1 Å². The van der Waals surface area contributed by atoms with E-state index in [2.05, 4.69) is 22.5 Å². The van der Waals surface area contributed by atoms with Gasteiger partial charge in [-0.2, -0.15) is 0 Å². The van der Waals surface area contributed by atoms with Crippen LogP contribution in [0.5, 0.6) is 0 Å². The number of nitro groups is 1. The smallest absolute Gasteiger partial charge is 0.290 e. The fraction of sp³-hybridized carbons (Fsp3) is 0.615. The Morgan fingerprint density at radius 1 is 1.58 bits per heavy atom. The second-order valence-electron chi connectivity index (χ2n) is 5.50. The van der Waals surface area contributed by atoms with Gasteiger partial charge < -0.3 is 10.6 Å². The standard InChI is InChI=1S/C13H20N4O2/c1-10-11(17(18)19)4-5-12(16-10)15-9-13(2)6-3-7-14-8-13/h4-5,14H,3,6-9H2,1-2H3,(H,15,16). The summed E-state index contributed by atoms with van der Waals surface area (Å²) >= 11 is 0. The maximum Gasteiger partial charge on any atom is 0.290 e. The van der Waals surface area contributed by atoms with Gasteiger partial charge in [0.2, 0.25) is 0 Å². The number of anilines is 1. The molecule has 1 atom stereocenters. The number of hydrogen-bond acceptors (Lipinski definition) is 5. The molecule has 0 spiro atoms. The predicted octanol–water partition coefficient (Wildman–Crippen LogP) is 2.10. The number of nitrogens with zero attached hydrogens (tertiary/aromatic N) is 2. The number of rotatable bonds is 4. The molecule has 0 radical (unpaired) electrons. The first kappa shape index (κ1) is 13.7. The Bertz CT molecular complexity index is 470. The van der Waals surface area contributed by atoms with E-state index in [1.807, 2.05) is 0 Å². The van der Waals surface area contributed by atoms with Gasteiger partial charge in [0.15, 0.2) is 0 Å². The van der Waals surface area contributed by atoms with E-state index >= 15 is 0 Å². The monoisotopic (exact) mass is 264 g/mol. The van der Waals surface area contributed by atoms with E-state index in [1.165, 1.54) is 18.9 Å². The molecule has 1 aromatic rings. The molecule has 0 amide bonds. The van der Waals surface area contributed by atoms with Gasteiger partial charge in [-0.15, -0.1) is 0 Å². The highest BCUT2D eigenvalue weighted by Crippen LogP contribution is 2.26. The lowest BCUT2D eigenvalue weighted by molar-refractivity contribution is -0.385. The highest BCUT2D eigenvalue weighted by Gasteiger charge is 2.26. The highest BCUT2D eigenvalue weighted by molar-refractivity contribution is 5.44. The normalized spacial score (nSPS) is 23.1. The molecule has 1 aliphatic rings. The van der Waals surface area contributed by atoms with Crippen LogP contribution < -0.4 is 10.6 Å². The van der Waals surface area contributed by atoms with Gasteiger partial charge in [-0.25, -0.2) is 4.98 Å². The van der Waals surface area contributed by atoms with Crippen LogP contribution in [-0.4, -0.2) is 29.5 Å². The van der Waals surface area contributed by atoms with Crippen molar-refractivity contribution in [1.82, 2.24) is 10.3 Å². The molecule has 1 fully saturated rings. The molecule has 2 rings (SSSR count). The lowest BCUT2D eigenvalue weighted by atomic mass is 9.83. The number of pyridine rings is 1. The minimum atomic E-state index is -0.404. The Morgan fingerprint density at radius 2 is 2.37 bits per heavy atom. The molecule has 6 heteroatoms. The number of nitrogens with one attached hydrogen (secondary N) is 2. The van der Waals surface area contributed by atoms with Crippen LogP contribution in [0.3, 0.4) is 0 Å². The third kappa shape index (κ3) is 3.41. The van der Waals surface area contributed by atoms with Crippen molar-refractivity contribution in [2.45, 2.75) is 26.7 Å². The second kappa shape index (κ2) is 5.52. The van der Waals surface area contributed by atoms with Crippen LogP contribution in [0.1, 0.15) is 25.5 Å². The Hall–Kier alpha value is -1.69. The molecular formula is C13H20N4O2. The minimum Gasteiger partial charge on any atom is -0.369 e. The largest absolute Gasteiger partial charge is 0.369 e. The first-order chi connectivity index (χ1) is 9.00. The van der Waals surface area contributed by atoms with Crippen LogP contribution in [0.25, 0.3) is 0 Å². The van der Waals surface area contributed by atoms with Crippen molar-refractivity contribution in [2.24, 2.45) is 5.41 Å². The number of aryl methyl sites for hydroxylation is 1.